The number of hydrogen-bond acceptors (Lipinski definition) is 3. The fourth-order valence-electron chi connectivity index (χ4n) is 3.33. The van der Waals surface area contributed by atoms with Crippen molar-refractivity contribution in [2.75, 3.05) is 0 Å². The lowest BCUT2D eigenvalue weighted by atomic mass is 10.1. The summed E-state index contributed by atoms with van der Waals surface area (Å²) in [5.41, 5.74) is 5.81. The van der Waals surface area contributed by atoms with Gasteiger partial charge in [-0.2, -0.15) is 5.11 Å². The lowest BCUT2D eigenvalue weighted by molar-refractivity contribution is 0.103. The molecular formula is C24H21N3O. The Bertz CT molecular complexity index is 1190. The van der Waals surface area contributed by atoms with Gasteiger partial charge in [0.2, 0.25) is 5.78 Å². The van der Waals surface area contributed by atoms with E-state index in [1.54, 1.807) is 0 Å². The molecule has 0 bridgehead atoms. The van der Waals surface area contributed by atoms with Crippen LogP contribution in [0.25, 0.3) is 10.9 Å². The van der Waals surface area contributed by atoms with Crippen molar-refractivity contribution in [3.63, 3.8) is 0 Å². The SMILES string of the molecule is Cc1ccc(N=Nc2c(C(=O)c3ccccc3)n(C)c3cc(C)ccc23)cc1. The number of carbonyl (C=O) groups excluding carboxylic acids is 1. The van der Waals surface area contributed by atoms with Crippen LogP contribution in [0, 0.1) is 13.8 Å². The van der Waals surface area contributed by atoms with E-state index in [0.717, 1.165) is 22.2 Å². The molecule has 0 aliphatic rings. The molecule has 4 heteroatoms. The van der Waals surface area contributed by atoms with Crippen molar-refractivity contribution in [2.45, 2.75) is 13.8 Å². The van der Waals surface area contributed by atoms with E-state index in [1.807, 2.05) is 92.2 Å². The van der Waals surface area contributed by atoms with Gasteiger partial charge in [-0.05, 0) is 37.6 Å². The molecule has 3 aromatic carbocycles. The molecule has 4 rings (SSSR count). The van der Waals surface area contributed by atoms with Gasteiger partial charge >= 0.3 is 0 Å². The molecule has 0 N–H and O–H groups in total. The van der Waals surface area contributed by atoms with Crippen LogP contribution in [-0.4, -0.2) is 10.4 Å². The Morgan fingerprint density at radius 1 is 0.821 bits per heavy atom. The molecule has 0 aliphatic heterocycles. The van der Waals surface area contributed by atoms with E-state index in [4.69, 9.17) is 0 Å². The Morgan fingerprint density at radius 2 is 1.50 bits per heavy atom. The maximum absolute atomic E-state index is 13.3. The number of nitrogens with zero attached hydrogens (tertiary/aromatic N) is 3. The van der Waals surface area contributed by atoms with E-state index in [2.05, 4.69) is 16.3 Å². The van der Waals surface area contributed by atoms with Gasteiger partial charge in [0.25, 0.3) is 0 Å². The second-order valence-electron chi connectivity index (χ2n) is 7.01. The average molecular weight is 367 g/mol. The minimum Gasteiger partial charge on any atom is -0.339 e. The lowest BCUT2D eigenvalue weighted by Crippen LogP contribution is -2.07. The first kappa shape index (κ1) is 17.9. The average Bonchev–Trinajstić information content (AvgIpc) is 2.99. The first-order valence-corrected chi connectivity index (χ1v) is 9.22. The van der Waals surface area contributed by atoms with Crippen molar-refractivity contribution in [1.82, 2.24) is 4.57 Å². The van der Waals surface area contributed by atoms with Crippen molar-refractivity contribution in [2.24, 2.45) is 17.3 Å². The highest BCUT2D eigenvalue weighted by Crippen LogP contribution is 2.36. The van der Waals surface area contributed by atoms with Gasteiger partial charge < -0.3 is 4.57 Å². The number of aromatic nitrogens is 1. The van der Waals surface area contributed by atoms with Gasteiger partial charge in [0.15, 0.2) is 0 Å². The molecule has 0 aliphatic carbocycles. The van der Waals surface area contributed by atoms with Crippen molar-refractivity contribution in [3.8, 4) is 0 Å². The molecule has 4 aromatic rings. The molecule has 4 nitrogen and oxygen atoms in total. The molecule has 0 unspecified atom stereocenters. The number of aryl methyl sites for hydroxylation is 3. The molecule has 28 heavy (non-hydrogen) atoms. The van der Waals surface area contributed by atoms with Gasteiger partial charge in [0.1, 0.15) is 11.4 Å². The van der Waals surface area contributed by atoms with Crippen LogP contribution in [0.2, 0.25) is 0 Å². The fraction of sp³-hybridized carbons (Fsp3) is 0.125. The van der Waals surface area contributed by atoms with Gasteiger partial charge in [-0.25, -0.2) is 0 Å². The number of rotatable bonds is 4. The molecule has 1 aromatic heterocycles. The van der Waals surface area contributed by atoms with E-state index in [1.165, 1.54) is 5.56 Å². The first-order chi connectivity index (χ1) is 13.5. The number of ketones is 1. The van der Waals surface area contributed by atoms with Gasteiger partial charge in [0, 0.05) is 18.0 Å². The van der Waals surface area contributed by atoms with Gasteiger partial charge in [-0.3, -0.25) is 4.79 Å². The molecule has 0 fully saturated rings. The second-order valence-corrected chi connectivity index (χ2v) is 7.01. The number of azo groups is 1. The third-order valence-corrected chi connectivity index (χ3v) is 4.88. The van der Waals surface area contributed by atoms with E-state index in [9.17, 15) is 4.79 Å². The summed E-state index contributed by atoms with van der Waals surface area (Å²) in [6, 6.07) is 23.2. The van der Waals surface area contributed by atoms with Crippen molar-refractivity contribution < 1.29 is 4.79 Å². The highest BCUT2D eigenvalue weighted by molar-refractivity contribution is 6.16. The predicted molar refractivity (Wildman–Crippen MR) is 113 cm³/mol. The zero-order valence-electron chi connectivity index (χ0n) is 16.2. The Morgan fingerprint density at radius 3 is 2.21 bits per heavy atom. The normalized spacial score (nSPS) is 11.4. The van der Waals surface area contributed by atoms with E-state index in [-0.39, 0.29) is 5.78 Å². The Labute approximate surface area is 164 Å². The Balaban J connectivity index is 1.90. The molecule has 0 spiro atoms. The van der Waals surface area contributed by atoms with Crippen LogP contribution < -0.4 is 0 Å². The number of benzene rings is 3. The molecule has 0 saturated heterocycles. The summed E-state index contributed by atoms with van der Waals surface area (Å²) >= 11 is 0. The summed E-state index contributed by atoms with van der Waals surface area (Å²) in [6.07, 6.45) is 0. The lowest BCUT2D eigenvalue weighted by Gasteiger charge is -2.05. The second kappa shape index (κ2) is 7.24. The third-order valence-electron chi connectivity index (χ3n) is 4.88. The molecule has 0 saturated carbocycles. The third kappa shape index (κ3) is 3.25. The largest absolute Gasteiger partial charge is 0.339 e. The predicted octanol–water partition coefficient (Wildman–Crippen LogP) is 6.44. The molecule has 138 valence electrons. The zero-order chi connectivity index (χ0) is 19.7. The summed E-state index contributed by atoms with van der Waals surface area (Å²) in [4.78, 5) is 13.3. The van der Waals surface area contributed by atoms with Gasteiger partial charge in [-0.15, -0.1) is 5.11 Å². The monoisotopic (exact) mass is 367 g/mol. The van der Waals surface area contributed by atoms with Gasteiger partial charge in [-0.1, -0.05) is 60.2 Å². The maximum Gasteiger partial charge on any atom is 0.211 e. The zero-order valence-corrected chi connectivity index (χ0v) is 16.2. The summed E-state index contributed by atoms with van der Waals surface area (Å²) in [5.74, 6) is -0.0604. The minimum absolute atomic E-state index is 0.0604. The van der Waals surface area contributed by atoms with Crippen molar-refractivity contribution >= 4 is 28.1 Å². The fourth-order valence-corrected chi connectivity index (χ4v) is 3.33. The topological polar surface area (TPSA) is 46.7 Å². The van der Waals surface area contributed by atoms with Crippen LogP contribution in [0.1, 0.15) is 27.2 Å². The summed E-state index contributed by atoms with van der Waals surface area (Å²) in [5, 5.41) is 9.83. The quantitative estimate of drug-likeness (QED) is 0.302. The Hall–Kier alpha value is -3.53. The highest BCUT2D eigenvalue weighted by Gasteiger charge is 2.22. The number of hydrogen-bond donors (Lipinski definition) is 0. The smallest absolute Gasteiger partial charge is 0.211 e. The van der Waals surface area contributed by atoms with Crippen LogP contribution in [-0.2, 0) is 7.05 Å². The van der Waals surface area contributed by atoms with E-state index < -0.39 is 0 Å². The van der Waals surface area contributed by atoms with Crippen molar-refractivity contribution in [3.05, 3.63) is 95.2 Å². The van der Waals surface area contributed by atoms with E-state index >= 15 is 0 Å². The Kier molecular flexibility index (Phi) is 4.62. The van der Waals surface area contributed by atoms with Crippen molar-refractivity contribution in [1.29, 1.82) is 0 Å². The summed E-state index contributed by atoms with van der Waals surface area (Å²) in [7, 11) is 1.91. The van der Waals surface area contributed by atoms with Crippen LogP contribution >= 0.6 is 0 Å². The standard InChI is InChI=1S/C24H21N3O/c1-16-9-12-19(13-10-16)25-26-22-20-14-11-17(2)15-21(20)27(3)23(22)24(28)18-7-5-4-6-8-18/h4-15H,1-3H3. The van der Waals surface area contributed by atoms with Crippen LogP contribution in [0.3, 0.4) is 0 Å². The molecule has 0 radical (unpaired) electrons. The van der Waals surface area contributed by atoms with Gasteiger partial charge in [0.05, 0.1) is 11.2 Å². The number of fused-ring (bicyclic) bond motifs is 1. The molecule has 0 amide bonds. The molecular weight excluding hydrogens is 346 g/mol. The summed E-state index contributed by atoms with van der Waals surface area (Å²) < 4.78 is 1.92. The number of carbonyl (C=O) groups is 1. The maximum atomic E-state index is 13.3. The van der Waals surface area contributed by atoms with Crippen LogP contribution in [0.5, 0.6) is 0 Å². The van der Waals surface area contributed by atoms with E-state index in [0.29, 0.717) is 16.9 Å². The first-order valence-electron chi connectivity index (χ1n) is 9.22. The van der Waals surface area contributed by atoms with Crippen LogP contribution in [0.15, 0.2) is 83.0 Å². The minimum atomic E-state index is -0.0604. The summed E-state index contributed by atoms with van der Waals surface area (Å²) in [6.45, 7) is 4.07. The van der Waals surface area contributed by atoms with Crippen LogP contribution in [0.4, 0.5) is 11.4 Å². The molecule has 0 atom stereocenters. The highest BCUT2D eigenvalue weighted by atomic mass is 16.1. The molecule has 1 heterocycles.